The van der Waals surface area contributed by atoms with E-state index in [0.717, 1.165) is 25.7 Å². The van der Waals surface area contributed by atoms with Gasteiger partial charge in [0.2, 0.25) is 10.0 Å². The van der Waals surface area contributed by atoms with Crippen LogP contribution in [0.4, 0.5) is 0 Å². The minimum Gasteiger partial charge on any atom is -0.496 e. The van der Waals surface area contributed by atoms with Crippen LogP contribution in [0.1, 0.15) is 43.0 Å². The van der Waals surface area contributed by atoms with Crippen LogP contribution in [0.5, 0.6) is 5.75 Å². The maximum absolute atomic E-state index is 12.9. The van der Waals surface area contributed by atoms with Crippen molar-refractivity contribution in [1.29, 1.82) is 0 Å². The van der Waals surface area contributed by atoms with Crippen LogP contribution >= 0.6 is 0 Å². The molecular weight excluding hydrogens is 342 g/mol. The molecule has 1 aliphatic rings. The summed E-state index contributed by atoms with van der Waals surface area (Å²) < 4.78 is 32.6. The lowest BCUT2D eigenvalue weighted by atomic mass is 10.1. The van der Waals surface area contributed by atoms with Crippen molar-refractivity contribution in [1.82, 2.24) is 9.62 Å². The number of sulfonamides is 1. The van der Waals surface area contributed by atoms with Gasteiger partial charge < -0.3 is 15.8 Å². The number of carbonyl (C=O) groups excluding carboxylic acids is 1. The largest absolute Gasteiger partial charge is 0.496 e. The third kappa shape index (κ3) is 4.71. The third-order valence-corrected chi connectivity index (χ3v) is 6.24. The van der Waals surface area contributed by atoms with Crippen LogP contribution in [0.15, 0.2) is 23.1 Å². The number of methoxy groups -OCH3 is 1. The summed E-state index contributed by atoms with van der Waals surface area (Å²) in [5, 5.41) is 2.74. The van der Waals surface area contributed by atoms with Crippen molar-refractivity contribution in [2.75, 3.05) is 26.7 Å². The number of hydrogen-bond acceptors (Lipinski definition) is 5. The molecule has 0 aromatic heterocycles. The fourth-order valence-electron chi connectivity index (χ4n) is 2.82. The summed E-state index contributed by atoms with van der Waals surface area (Å²) in [6, 6.07) is 4.18. The number of nitrogens with one attached hydrogen (secondary N) is 1. The van der Waals surface area contributed by atoms with Crippen molar-refractivity contribution in [3.63, 3.8) is 0 Å². The van der Waals surface area contributed by atoms with E-state index in [9.17, 15) is 13.2 Å². The Morgan fingerprint density at radius 3 is 2.48 bits per heavy atom. The predicted octanol–water partition coefficient (Wildman–Crippen LogP) is 1.34. The molecule has 0 aliphatic carbocycles. The van der Waals surface area contributed by atoms with Gasteiger partial charge in [-0.3, -0.25) is 4.79 Å². The summed E-state index contributed by atoms with van der Waals surface area (Å²) >= 11 is 0. The number of amides is 1. The smallest absolute Gasteiger partial charge is 0.255 e. The number of rotatable bonds is 6. The first-order valence-corrected chi connectivity index (χ1v) is 10.0. The van der Waals surface area contributed by atoms with Crippen LogP contribution in [0.25, 0.3) is 0 Å². The van der Waals surface area contributed by atoms with Gasteiger partial charge in [0.15, 0.2) is 0 Å². The highest BCUT2D eigenvalue weighted by molar-refractivity contribution is 7.89. The molecule has 7 nitrogen and oxygen atoms in total. The van der Waals surface area contributed by atoms with Gasteiger partial charge in [0.05, 0.1) is 17.6 Å². The van der Waals surface area contributed by atoms with Gasteiger partial charge in [-0.05, 0) is 38.0 Å². The molecule has 0 unspecified atom stereocenters. The molecule has 0 spiro atoms. The number of carbonyl (C=O) groups is 1. The van der Waals surface area contributed by atoms with E-state index >= 15 is 0 Å². The van der Waals surface area contributed by atoms with E-state index in [-0.39, 0.29) is 16.5 Å². The lowest BCUT2D eigenvalue weighted by molar-refractivity contribution is 0.0938. The molecule has 1 aliphatic heterocycles. The average molecular weight is 369 g/mol. The van der Waals surface area contributed by atoms with E-state index in [1.54, 1.807) is 6.92 Å². The molecule has 1 fully saturated rings. The summed E-state index contributed by atoms with van der Waals surface area (Å²) in [7, 11) is -2.18. The Morgan fingerprint density at radius 2 is 1.92 bits per heavy atom. The van der Waals surface area contributed by atoms with Gasteiger partial charge in [0.1, 0.15) is 5.75 Å². The average Bonchev–Trinajstić information content (AvgIpc) is 2.90. The second kappa shape index (κ2) is 8.64. The van der Waals surface area contributed by atoms with Crippen molar-refractivity contribution < 1.29 is 17.9 Å². The van der Waals surface area contributed by atoms with Crippen LogP contribution in [0.3, 0.4) is 0 Å². The van der Waals surface area contributed by atoms with E-state index in [4.69, 9.17) is 10.5 Å². The third-order valence-electron chi connectivity index (χ3n) is 4.35. The van der Waals surface area contributed by atoms with Gasteiger partial charge in [-0.1, -0.05) is 12.8 Å². The molecule has 1 aromatic carbocycles. The molecule has 8 heteroatoms. The summed E-state index contributed by atoms with van der Waals surface area (Å²) in [5.41, 5.74) is 5.73. The number of nitrogens with two attached hydrogens (primary N) is 1. The van der Waals surface area contributed by atoms with E-state index in [0.29, 0.717) is 25.4 Å². The van der Waals surface area contributed by atoms with E-state index in [1.807, 2.05) is 0 Å². The van der Waals surface area contributed by atoms with Gasteiger partial charge in [-0.15, -0.1) is 0 Å². The fraction of sp³-hybridized carbons (Fsp3) is 0.588. The highest BCUT2D eigenvalue weighted by atomic mass is 32.2. The lowest BCUT2D eigenvalue weighted by Gasteiger charge is -2.21. The number of ether oxygens (including phenoxy) is 1. The highest BCUT2D eigenvalue weighted by Crippen LogP contribution is 2.26. The van der Waals surface area contributed by atoms with Crippen molar-refractivity contribution in [2.45, 2.75) is 43.5 Å². The first kappa shape index (κ1) is 19.7. The highest BCUT2D eigenvalue weighted by Gasteiger charge is 2.27. The van der Waals surface area contributed by atoms with Crippen LogP contribution in [-0.4, -0.2) is 51.4 Å². The zero-order chi connectivity index (χ0) is 18.4. The standard InChI is InChI=1S/C17H27N3O4S/c1-13(12-18)19-17(21)15-11-14(7-8-16(15)24-2)25(22,23)20-9-5-3-4-6-10-20/h7-8,11,13H,3-6,9-10,12,18H2,1-2H3,(H,19,21)/t13-/m0/s1. The Bertz CT molecular complexity index is 698. The maximum atomic E-state index is 12.9. The first-order chi connectivity index (χ1) is 11.9. The molecule has 0 saturated carbocycles. The lowest BCUT2D eigenvalue weighted by Crippen LogP contribution is -2.38. The maximum Gasteiger partial charge on any atom is 0.255 e. The molecule has 0 radical (unpaired) electrons. The van der Waals surface area contributed by atoms with E-state index < -0.39 is 15.9 Å². The molecule has 0 bridgehead atoms. The van der Waals surface area contributed by atoms with Crippen LogP contribution < -0.4 is 15.8 Å². The minimum absolute atomic E-state index is 0.112. The zero-order valence-corrected chi connectivity index (χ0v) is 15.6. The van der Waals surface area contributed by atoms with E-state index in [2.05, 4.69) is 5.32 Å². The molecule has 25 heavy (non-hydrogen) atoms. The van der Waals surface area contributed by atoms with Gasteiger partial charge in [0.25, 0.3) is 5.91 Å². The molecular formula is C17H27N3O4S. The normalized spacial score (nSPS) is 17.6. The first-order valence-electron chi connectivity index (χ1n) is 8.59. The molecule has 1 heterocycles. The minimum atomic E-state index is -3.63. The van der Waals surface area contributed by atoms with Gasteiger partial charge in [0, 0.05) is 25.7 Å². The zero-order valence-electron chi connectivity index (χ0n) is 14.8. The Morgan fingerprint density at radius 1 is 1.28 bits per heavy atom. The molecule has 2 rings (SSSR count). The number of hydrogen-bond donors (Lipinski definition) is 2. The van der Waals surface area contributed by atoms with E-state index in [1.165, 1.54) is 29.6 Å². The van der Waals surface area contributed by atoms with Crippen LogP contribution in [0.2, 0.25) is 0 Å². The van der Waals surface area contributed by atoms with Crippen molar-refractivity contribution >= 4 is 15.9 Å². The molecule has 1 atom stereocenters. The molecule has 140 valence electrons. The van der Waals surface area contributed by atoms with Crippen molar-refractivity contribution in [2.24, 2.45) is 5.73 Å². The van der Waals surface area contributed by atoms with Gasteiger partial charge >= 0.3 is 0 Å². The number of nitrogens with zero attached hydrogens (tertiary/aromatic N) is 1. The number of benzene rings is 1. The Labute approximate surface area is 149 Å². The SMILES string of the molecule is COc1ccc(S(=O)(=O)N2CCCCCC2)cc1C(=O)N[C@@H](C)CN. The summed E-state index contributed by atoms with van der Waals surface area (Å²) in [6.45, 7) is 3.10. The summed E-state index contributed by atoms with van der Waals surface area (Å²) in [4.78, 5) is 12.6. The predicted molar refractivity (Wildman–Crippen MR) is 96.2 cm³/mol. The molecule has 1 amide bonds. The fourth-order valence-corrected chi connectivity index (χ4v) is 4.36. The molecule has 1 aromatic rings. The second-order valence-corrected chi connectivity index (χ2v) is 8.23. The quantitative estimate of drug-likeness (QED) is 0.788. The van der Waals surface area contributed by atoms with Gasteiger partial charge in [-0.2, -0.15) is 4.31 Å². The van der Waals surface area contributed by atoms with Crippen LogP contribution in [0, 0.1) is 0 Å². The van der Waals surface area contributed by atoms with Crippen molar-refractivity contribution in [3.05, 3.63) is 23.8 Å². The Balaban J connectivity index is 2.35. The molecule has 3 N–H and O–H groups in total. The topological polar surface area (TPSA) is 102 Å². The van der Waals surface area contributed by atoms with Crippen LogP contribution in [-0.2, 0) is 10.0 Å². The summed E-state index contributed by atoms with van der Waals surface area (Å²) in [6.07, 6.45) is 3.80. The second-order valence-electron chi connectivity index (χ2n) is 6.29. The Kier molecular flexibility index (Phi) is 6.80. The van der Waals surface area contributed by atoms with Gasteiger partial charge in [-0.25, -0.2) is 8.42 Å². The molecule has 1 saturated heterocycles. The van der Waals surface area contributed by atoms with Crippen molar-refractivity contribution in [3.8, 4) is 5.75 Å². The summed E-state index contributed by atoms with van der Waals surface area (Å²) in [5.74, 6) is -0.0701. The monoisotopic (exact) mass is 369 g/mol. The Hall–Kier alpha value is -1.64.